The first-order chi connectivity index (χ1) is 12.8. The van der Waals surface area contributed by atoms with Gasteiger partial charge in [0.1, 0.15) is 11.6 Å². The van der Waals surface area contributed by atoms with Crippen molar-refractivity contribution in [3.05, 3.63) is 71.9 Å². The second-order valence-electron chi connectivity index (χ2n) is 5.97. The molecule has 2 N–H and O–H groups in total. The molecule has 134 valence electrons. The van der Waals surface area contributed by atoms with E-state index in [0.29, 0.717) is 5.95 Å². The normalized spacial score (nSPS) is 10.4. The summed E-state index contributed by atoms with van der Waals surface area (Å²) in [6.45, 7) is 2.93. The molecule has 0 saturated carbocycles. The molecule has 0 atom stereocenters. The molecule has 0 aliphatic rings. The fourth-order valence-corrected chi connectivity index (χ4v) is 2.63. The predicted molar refractivity (Wildman–Crippen MR) is 106 cm³/mol. The lowest BCUT2D eigenvalue weighted by Crippen LogP contribution is -2.08. The maximum atomic E-state index is 5.26. The lowest BCUT2D eigenvalue weighted by atomic mass is 10.1. The van der Waals surface area contributed by atoms with E-state index in [-0.39, 0.29) is 0 Å². The van der Waals surface area contributed by atoms with E-state index in [4.69, 9.17) is 4.74 Å². The number of methoxy groups -OCH3 is 1. The summed E-state index contributed by atoms with van der Waals surface area (Å²) in [7, 11) is 1.68. The summed E-state index contributed by atoms with van der Waals surface area (Å²) in [5, 5.41) is 6.58. The van der Waals surface area contributed by atoms with Crippen molar-refractivity contribution in [2.45, 2.75) is 19.8 Å². The third-order valence-electron chi connectivity index (χ3n) is 4.13. The lowest BCUT2D eigenvalue weighted by molar-refractivity contribution is 0.414. The molecule has 0 radical (unpaired) electrons. The van der Waals surface area contributed by atoms with Crippen molar-refractivity contribution in [3.63, 3.8) is 0 Å². The Morgan fingerprint density at radius 2 is 1.85 bits per heavy atom. The molecule has 0 saturated heterocycles. The second-order valence-corrected chi connectivity index (χ2v) is 5.97. The molecule has 5 nitrogen and oxygen atoms in total. The average molecular weight is 348 g/mol. The molecule has 0 amide bonds. The van der Waals surface area contributed by atoms with Crippen LogP contribution < -0.4 is 15.4 Å². The molecule has 5 heteroatoms. The number of aromatic nitrogens is 2. The van der Waals surface area contributed by atoms with E-state index < -0.39 is 0 Å². The van der Waals surface area contributed by atoms with Crippen LogP contribution in [-0.2, 0) is 12.8 Å². The van der Waals surface area contributed by atoms with E-state index in [1.165, 1.54) is 11.1 Å². The van der Waals surface area contributed by atoms with E-state index in [0.717, 1.165) is 36.6 Å². The highest BCUT2D eigenvalue weighted by molar-refractivity contribution is 5.55. The Bertz CT molecular complexity index is 833. The lowest BCUT2D eigenvalue weighted by Gasteiger charge is -2.09. The zero-order valence-corrected chi connectivity index (χ0v) is 15.2. The van der Waals surface area contributed by atoms with Gasteiger partial charge in [0.2, 0.25) is 5.95 Å². The number of aryl methyl sites for hydroxylation is 1. The molecule has 2 aromatic carbocycles. The Morgan fingerprint density at radius 3 is 2.62 bits per heavy atom. The van der Waals surface area contributed by atoms with Crippen molar-refractivity contribution < 1.29 is 4.74 Å². The topological polar surface area (TPSA) is 59.1 Å². The Balaban J connectivity index is 1.56. The highest BCUT2D eigenvalue weighted by Crippen LogP contribution is 2.16. The second kappa shape index (κ2) is 8.85. The quantitative estimate of drug-likeness (QED) is 0.630. The van der Waals surface area contributed by atoms with Gasteiger partial charge in [-0.3, -0.25) is 0 Å². The number of nitrogens with zero attached hydrogens (tertiary/aromatic N) is 2. The molecule has 0 aliphatic heterocycles. The van der Waals surface area contributed by atoms with Crippen molar-refractivity contribution in [3.8, 4) is 5.75 Å². The molecule has 0 spiro atoms. The van der Waals surface area contributed by atoms with E-state index in [1.807, 2.05) is 30.3 Å². The molecule has 0 bridgehead atoms. The van der Waals surface area contributed by atoms with Crippen LogP contribution in [0.5, 0.6) is 5.75 Å². The highest BCUT2D eigenvalue weighted by Gasteiger charge is 2.01. The van der Waals surface area contributed by atoms with Gasteiger partial charge in [-0.05, 0) is 54.3 Å². The zero-order chi connectivity index (χ0) is 18.2. The number of rotatable bonds is 8. The fourth-order valence-electron chi connectivity index (χ4n) is 2.63. The highest BCUT2D eigenvalue weighted by atomic mass is 16.5. The number of nitrogens with one attached hydrogen (secondary N) is 2. The van der Waals surface area contributed by atoms with Gasteiger partial charge in [-0.1, -0.05) is 31.2 Å². The third kappa shape index (κ3) is 4.96. The van der Waals surface area contributed by atoms with Crippen LogP contribution in [-0.4, -0.2) is 23.6 Å². The van der Waals surface area contributed by atoms with Crippen LogP contribution in [0.1, 0.15) is 18.1 Å². The van der Waals surface area contributed by atoms with Crippen LogP contribution >= 0.6 is 0 Å². The minimum atomic E-state index is 0.584. The molecule has 1 heterocycles. The number of benzene rings is 2. The standard InChI is InChI=1S/C21H24N4O/c1-3-16-7-9-18(10-8-16)24-21-23-14-12-20(25-21)22-13-11-17-5-4-6-19(15-17)26-2/h4-10,12,14-15H,3,11,13H2,1-2H3,(H2,22,23,24,25). The average Bonchev–Trinajstić information content (AvgIpc) is 2.69. The van der Waals surface area contributed by atoms with Crippen LogP contribution in [0.4, 0.5) is 17.5 Å². The monoisotopic (exact) mass is 348 g/mol. The summed E-state index contributed by atoms with van der Waals surface area (Å²) in [5.41, 5.74) is 3.51. The number of ether oxygens (including phenoxy) is 1. The van der Waals surface area contributed by atoms with Gasteiger partial charge in [0.05, 0.1) is 7.11 Å². The molecule has 3 rings (SSSR count). The molecule has 3 aromatic rings. The van der Waals surface area contributed by atoms with Crippen LogP contribution in [0, 0.1) is 0 Å². The van der Waals surface area contributed by atoms with Gasteiger partial charge in [0.25, 0.3) is 0 Å². The van der Waals surface area contributed by atoms with Crippen LogP contribution in [0.2, 0.25) is 0 Å². The molecule has 0 fully saturated rings. The number of anilines is 3. The van der Waals surface area contributed by atoms with Crippen molar-refractivity contribution >= 4 is 17.5 Å². The Hall–Kier alpha value is -3.08. The minimum Gasteiger partial charge on any atom is -0.497 e. The minimum absolute atomic E-state index is 0.584. The smallest absolute Gasteiger partial charge is 0.229 e. The van der Waals surface area contributed by atoms with Crippen LogP contribution in [0.15, 0.2) is 60.8 Å². The summed E-state index contributed by atoms with van der Waals surface area (Å²) < 4.78 is 5.26. The van der Waals surface area contributed by atoms with Gasteiger partial charge in [-0.15, -0.1) is 0 Å². The van der Waals surface area contributed by atoms with Crippen molar-refractivity contribution in [2.75, 3.05) is 24.3 Å². The van der Waals surface area contributed by atoms with Gasteiger partial charge < -0.3 is 15.4 Å². The number of hydrogen-bond acceptors (Lipinski definition) is 5. The Morgan fingerprint density at radius 1 is 1.00 bits per heavy atom. The molecular weight excluding hydrogens is 324 g/mol. The Labute approximate surface area is 154 Å². The van der Waals surface area contributed by atoms with Crippen LogP contribution in [0.25, 0.3) is 0 Å². The third-order valence-corrected chi connectivity index (χ3v) is 4.13. The first kappa shape index (κ1) is 17.7. The molecule has 0 unspecified atom stereocenters. The molecule has 1 aromatic heterocycles. The maximum Gasteiger partial charge on any atom is 0.229 e. The van der Waals surface area contributed by atoms with Crippen LogP contribution in [0.3, 0.4) is 0 Å². The summed E-state index contributed by atoms with van der Waals surface area (Å²) in [6.07, 6.45) is 3.68. The molecular formula is C21H24N4O. The maximum absolute atomic E-state index is 5.26. The van der Waals surface area contributed by atoms with E-state index in [9.17, 15) is 0 Å². The van der Waals surface area contributed by atoms with E-state index >= 15 is 0 Å². The first-order valence-electron chi connectivity index (χ1n) is 8.82. The van der Waals surface area contributed by atoms with Crippen molar-refractivity contribution in [1.82, 2.24) is 9.97 Å². The summed E-state index contributed by atoms with van der Waals surface area (Å²) in [6, 6.07) is 18.3. The molecule has 0 aliphatic carbocycles. The number of hydrogen-bond donors (Lipinski definition) is 2. The van der Waals surface area contributed by atoms with Gasteiger partial charge in [-0.25, -0.2) is 4.98 Å². The largest absolute Gasteiger partial charge is 0.497 e. The van der Waals surface area contributed by atoms with E-state index in [1.54, 1.807) is 13.3 Å². The summed E-state index contributed by atoms with van der Waals surface area (Å²) >= 11 is 0. The fraction of sp³-hybridized carbons (Fsp3) is 0.238. The Kier molecular flexibility index (Phi) is 6.04. The van der Waals surface area contributed by atoms with Gasteiger partial charge in [0.15, 0.2) is 0 Å². The SMILES string of the molecule is CCc1ccc(Nc2nccc(NCCc3cccc(OC)c3)n2)cc1. The predicted octanol–water partition coefficient (Wildman–Crippen LogP) is 4.45. The van der Waals surface area contributed by atoms with Crippen molar-refractivity contribution in [2.24, 2.45) is 0 Å². The van der Waals surface area contributed by atoms with Gasteiger partial charge in [-0.2, -0.15) is 4.98 Å². The molecule has 26 heavy (non-hydrogen) atoms. The van der Waals surface area contributed by atoms with E-state index in [2.05, 4.69) is 51.8 Å². The summed E-state index contributed by atoms with van der Waals surface area (Å²) in [4.78, 5) is 8.80. The van der Waals surface area contributed by atoms with Gasteiger partial charge >= 0.3 is 0 Å². The van der Waals surface area contributed by atoms with Gasteiger partial charge in [0, 0.05) is 18.4 Å². The summed E-state index contributed by atoms with van der Waals surface area (Å²) in [5.74, 6) is 2.27. The van der Waals surface area contributed by atoms with Crippen molar-refractivity contribution in [1.29, 1.82) is 0 Å². The zero-order valence-electron chi connectivity index (χ0n) is 15.2. The first-order valence-corrected chi connectivity index (χ1v) is 8.82.